The van der Waals surface area contributed by atoms with Crippen molar-refractivity contribution >= 4 is 70.5 Å². The van der Waals surface area contributed by atoms with Crippen LogP contribution in [0.3, 0.4) is 0 Å². The Morgan fingerprint density at radius 3 is 1.53 bits per heavy atom. The van der Waals surface area contributed by atoms with Crippen LogP contribution >= 0.6 is 11.3 Å². The summed E-state index contributed by atoms with van der Waals surface area (Å²) in [5.74, 6) is 0. The number of benzene rings is 7. The topological polar surface area (TPSA) is 16.4 Å². The van der Waals surface area contributed by atoms with Crippen molar-refractivity contribution in [1.29, 1.82) is 0 Å². The second-order valence-electron chi connectivity index (χ2n) is 11.5. The van der Waals surface area contributed by atoms with Gasteiger partial charge in [0, 0.05) is 48.0 Å². The molecule has 7 aromatic carbocycles. The van der Waals surface area contributed by atoms with Crippen LogP contribution in [-0.4, -0.2) is 0 Å². The maximum Gasteiger partial charge on any atom is 0.135 e. The molecule has 0 N–H and O–H groups in total. The van der Waals surface area contributed by atoms with Crippen LogP contribution in [0.2, 0.25) is 0 Å². The first kappa shape index (κ1) is 33.3. The molecule has 2 nitrogen and oxygen atoms in total. The number of nitrogens with zero attached hydrogens (tertiary/aromatic N) is 1. The van der Waals surface area contributed by atoms with E-state index in [9.17, 15) is 0 Å². The number of rotatable bonds is 3. The Hall–Kier alpha value is -5.64. The minimum Gasteiger partial charge on any atom is -0.456 e. The molecule has 0 atom stereocenters. The standard InChI is InChI=1S/C25H19NS.C13H10O.C6H6.C2H6/c1-18-12-14-22-23-17-21(13-15-24(23)27-25(22)16-18)26(19-8-4-2-5-9-19)20-10-6-3-7-11-20;1-9-6-7-11-10-4-2-3-5-12(10)14-13(11)8-9;1-2-4-6-5-3-1;1-2/h2-17H,1H3;2-8H,1H3;1-6H;1-2H3. The predicted molar refractivity (Wildman–Crippen MR) is 215 cm³/mol. The third-order valence-corrected chi connectivity index (χ3v) is 9.23. The molecule has 0 aliphatic carbocycles. The first-order valence-corrected chi connectivity index (χ1v) is 17.7. The van der Waals surface area contributed by atoms with Gasteiger partial charge in [-0.15, -0.1) is 11.3 Å². The molecule has 0 radical (unpaired) electrons. The van der Waals surface area contributed by atoms with Gasteiger partial charge in [-0.25, -0.2) is 0 Å². The van der Waals surface area contributed by atoms with Gasteiger partial charge in [0.25, 0.3) is 0 Å². The summed E-state index contributed by atoms with van der Waals surface area (Å²) in [7, 11) is 0. The van der Waals surface area contributed by atoms with E-state index in [0.717, 1.165) is 11.2 Å². The van der Waals surface area contributed by atoms with Gasteiger partial charge < -0.3 is 9.32 Å². The molecule has 9 rings (SSSR count). The molecule has 2 aromatic heterocycles. The summed E-state index contributed by atoms with van der Waals surface area (Å²) in [6, 6.07) is 61.1. The molecule has 49 heavy (non-hydrogen) atoms. The van der Waals surface area contributed by atoms with Gasteiger partial charge >= 0.3 is 0 Å². The van der Waals surface area contributed by atoms with E-state index in [1.165, 1.54) is 59.1 Å². The minimum absolute atomic E-state index is 0.966. The molecule has 0 spiro atoms. The van der Waals surface area contributed by atoms with Crippen molar-refractivity contribution in [3.05, 3.63) is 187 Å². The van der Waals surface area contributed by atoms with Crippen molar-refractivity contribution in [3.63, 3.8) is 0 Å². The summed E-state index contributed by atoms with van der Waals surface area (Å²) in [4.78, 5) is 2.32. The van der Waals surface area contributed by atoms with Crippen LogP contribution in [0.4, 0.5) is 17.1 Å². The monoisotopic (exact) mass is 655 g/mol. The highest BCUT2D eigenvalue weighted by molar-refractivity contribution is 7.25. The number of thiophene rings is 1. The quantitative estimate of drug-likeness (QED) is 0.188. The van der Waals surface area contributed by atoms with Crippen LogP contribution in [0.5, 0.6) is 0 Å². The van der Waals surface area contributed by atoms with E-state index >= 15 is 0 Å². The van der Waals surface area contributed by atoms with Crippen molar-refractivity contribution < 1.29 is 4.42 Å². The average molecular weight is 656 g/mol. The Balaban J connectivity index is 0.000000156. The minimum atomic E-state index is 0.966. The Morgan fingerprint density at radius 1 is 0.388 bits per heavy atom. The number of furan rings is 1. The zero-order chi connectivity index (χ0) is 34.0. The molecule has 0 unspecified atom stereocenters. The second kappa shape index (κ2) is 16.0. The molecular formula is C46H41NOS. The molecule has 0 aliphatic heterocycles. The zero-order valence-corrected chi connectivity index (χ0v) is 29.3. The van der Waals surface area contributed by atoms with Crippen molar-refractivity contribution in [3.8, 4) is 0 Å². The third-order valence-electron chi connectivity index (χ3n) is 8.10. The van der Waals surface area contributed by atoms with Crippen LogP contribution in [0.1, 0.15) is 25.0 Å². The van der Waals surface area contributed by atoms with E-state index < -0.39 is 0 Å². The van der Waals surface area contributed by atoms with Gasteiger partial charge in [-0.3, -0.25) is 0 Å². The van der Waals surface area contributed by atoms with E-state index in [1.807, 2.05) is 79.8 Å². The Bertz CT molecular complexity index is 2310. The normalized spacial score (nSPS) is 10.4. The largest absolute Gasteiger partial charge is 0.456 e. The fraction of sp³-hybridized carbons (Fsp3) is 0.0870. The second-order valence-corrected chi connectivity index (χ2v) is 12.6. The average Bonchev–Trinajstić information content (AvgIpc) is 3.71. The van der Waals surface area contributed by atoms with Gasteiger partial charge in [0.2, 0.25) is 0 Å². The highest BCUT2D eigenvalue weighted by atomic mass is 32.1. The van der Waals surface area contributed by atoms with Crippen LogP contribution in [-0.2, 0) is 0 Å². The van der Waals surface area contributed by atoms with Crippen molar-refractivity contribution in [1.82, 2.24) is 0 Å². The van der Waals surface area contributed by atoms with Crippen LogP contribution < -0.4 is 4.90 Å². The molecule has 0 bridgehead atoms. The first-order chi connectivity index (χ1) is 24.1. The number of hydrogen-bond donors (Lipinski definition) is 0. The number of hydrogen-bond acceptors (Lipinski definition) is 3. The van der Waals surface area contributed by atoms with Gasteiger partial charge in [-0.2, -0.15) is 0 Å². The molecule has 0 saturated heterocycles. The third kappa shape index (κ3) is 7.75. The van der Waals surface area contributed by atoms with Gasteiger partial charge in [-0.05, 0) is 85.6 Å². The fourth-order valence-electron chi connectivity index (χ4n) is 5.83. The lowest BCUT2D eigenvalue weighted by atomic mass is 10.1. The van der Waals surface area contributed by atoms with Gasteiger partial charge in [0.15, 0.2) is 0 Å². The molecule has 2 heterocycles. The summed E-state index contributed by atoms with van der Waals surface area (Å²) in [6.45, 7) is 8.23. The predicted octanol–water partition coefficient (Wildman–Crippen LogP) is 14.4. The SMILES string of the molecule is CC.Cc1ccc2c(c1)oc1ccccc12.Cc1ccc2c(c1)sc1ccc(N(c3ccccc3)c3ccccc3)cc12.c1ccccc1. The van der Waals surface area contributed by atoms with E-state index in [0.29, 0.717) is 0 Å². The zero-order valence-electron chi connectivity index (χ0n) is 28.5. The number of anilines is 3. The van der Waals surface area contributed by atoms with E-state index in [-0.39, 0.29) is 0 Å². The maximum atomic E-state index is 5.73. The van der Waals surface area contributed by atoms with E-state index in [1.54, 1.807) is 0 Å². The van der Waals surface area contributed by atoms with E-state index in [2.05, 4.69) is 140 Å². The van der Waals surface area contributed by atoms with Crippen LogP contribution in [0, 0.1) is 13.8 Å². The molecule has 0 amide bonds. The van der Waals surface area contributed by atoms with Gasteiger partial charge in [0.1, 0.15) is 11.2 Å². The van der Waals surface area contributed by atoms with Crippen molar-refractivity contribution in [2.24, 2.45) is 0 Å². The number of para-hydroxylation sites is 3. The molecule has 242 valence electrons. The number of aryl methyl sites for hydroxylation is 2. The highest BCUT2D eigenvalue weighted by Crippen LogP contribution is 2.40. The maximum absolute atomic E-state index is 5.73. The van der Waals surface area contributed by atoms with Crippen molar-refractivity contribution in [2.75, 3.05) is 4.90 Å². The van der Waals surface area contributed by atoms with Crippen LogP contribution in [0.15, 0.2) is 180 Å². The first-order valence-electron chi connectivity index (χ1n) is 16.9. The lowest BCUT2D eigenvalue weighted by Gasteiger charge is -2.25. The van der Waals surface area contributed by atoms with Crippen molar-refractivity contribution in [2.45, 2.75) is 27.7 Å². The van der Waals surface area contributed by atoms with E-state index in [4.69, 9.17) is 4.42 Å². The van der Waals surface area contributed by atoms with Gasteiger partial charge in [0.05, 0.1) is 0 Å². The summed E-state index contributed by atoms with van der Waals surface area (Å²) in [5.41, 5.74) is 8.00. The fourth-order valence-corrected chi connectivity index (χ4v) is 7.02. The Kier molecular flexibility index (Phi) is 10.8. The lowest BCUT2D eigenvalue weighted by Crippen LogP contribution is -2.09. The Labute approximate surface area is 293 Å². The number of fused-ring (bicyclic) bond motifs is 6. The summed E-state index contributed by atoms with van der Waals surface area (Å²) >= 11 is 1.87. The molecule has 0 fully saturated rings. The smallest absolute Gasteiger partial charge is 0.135 e. The molecule has 3 heteroatoms. The molecule has 9 aromatic rings. The summed E-state index contributed by atoms with van der Waals surface area (Å²) in [5, 5.41) is 5.06. The highest BCUT2D eigenvalue weighted by Gasteiger charge is 2.14. The van der Waals surface area contributed by atoms with Crippen LogP contribution in [0.25, 0.3) is 42.1 Å². The lowest BCUT2D eigenvalue weighted by molar-refractivity contribution is 0.668. The molecular weight excluding hydrogens is 615 g/mol. The molecule has 0 aliphatic rings. The van der Waals surface area contributed by atoms with Gasteiger partial charge in [-0.1, -0.05) is 129 Å². The molecule has 0 saturated carbocycles. The Morgan fingerprint density at radius 2 is 0.898 bits per heavy atom. The summed E-state index contributed by atoms with van der Waals surface area (Å²) < 4.78 is 8.42. The summed E-state index contributed by atoms with van der Waals surface area (Å²) in [6.07, 6.45) is 0.